The van der Waals surface area contributed by atoms with Crippen LogP contribution in [-0.4, -0.2) is 43.6 Å². The van der Waals surface area contributed by atoms with E-state index in [9.17, 15) is 14.7 Å². The van der Waals surface area contributed by atoms with Crippen LogP contribution in [0.3, 0.4) is 0 Å². The predicted octanol–water partition coefficient (Wildman–Crippen LogP) is 1.18. The van der Waals surface area contributed by atoms with E-state index >= 15 is 0 Å². The van der Waals surface area contributed by atoms with E-state index in [1.807, 2.05) is 6.92 Å². The lowest BCUT2D eigenvalue weighted by Gasteiger charge is -2.33. The molecular weight excluding hydrogens is 286 g/mol. The number of aliphatic carboxylic acids is 1. The summed E-state index contributed by atoms with van der Waals surface area (Å²) in [4.78, 5) is 24.1. The van der Waals surface area contributed by atoms with Crippen molar-refractivity contribution in [2.75, 3.05) is 11.5 Å². The predicted molar refractivity (Wildman–Crippen MR) is 73.7 cm³/mol. The fraction of sp³-hybridized carbons (Fsp3) is 0.636. The molecule has 1 aliphatic rings. The van der Waals surface area contributed by atoms with E-state index in [1.54, 1.807) is 11.8 Å². The smallest absolute Gasteiger partial charge is 0.329 e. The van der Waals surface area contributed by atoms with Gasteiger partial charge >= 0.3 is 5.97 Å². The molecule has 1 saturated heterocycles. The molecule has 0 saturated carbocycles. The molecule has 0 aromatic carbocycles. The number of nitrogens with zero attached hydrogens (tertiary/aromatic N) is 2. The van der Waals surface area contributed by atoms with Crippen molar-refractivity contribution in [1.82, 2.24) is 14.9 Å². The van der Waals surface area contributed by atoms with E-state index in [1.165, 1.54) is 0 Å². The number of hydrogen-bond acceptors (Lipinski definition) is 6. The highest BCUT2D eigenvalue weighted by molar-refractivity contribution is 7.99. The van der Waals surface area contributed by atoms with Crippen molar-refractivity contribution in [3.05, 3.63) is 10.6 Å². The molecule has 104 valence electrons. The highest BCUT2D eigenvalue weighted by atomic mass is 32.2. The molecule has 2 rings (SSSR count). The maximum atomic E-state index is 12.2. The number of rotatable bonds is 4. The number of hydrogen-bond donors (Lipinski definition) is 2. The summed E-state index contributed by atoms with van der Waals surface area (Å²) in [5.74, 6) is 0.153. The number of carbonyl (C=O) groups is 2. The third-order valence-electron chi connectivity index (χ3n) is 3.21. The number of nitrogens with one attached hydrogen (secondary N) is 1. The zero-order chi connectivity index (χ0) is 13.9. The lowest BCUT2D eigenvalue weighted by atomic mass is 9.92. The normalized spacial score (nSPS) is 17.9. The molecule has 8 heteroatoms. The highest BCUT2D eigenvalue weighted by Crippen LogP contribution is 2.28. The summed E-state index contributed by atoms with van der Waals surface area (Å²) in [6.07, 6.45) is 1.51. The van der Waals surface area contributed by atoms with Crippen molar-refractivity contribution in [3.63, 3.8) is 0 Å². The summed E-state index contributed by atoms with van der Waals surface area (Å²) in [6, 6.07) is 0. The van der Waals surface area contributed by atoms with Gasteiger partial charge in [-0.3, -0.25) is 4.79 Å². The van der Waals surface area contributed by atoms with E-state index < -0.39 is 11.5 Å². The first-order valence-corrected chi connectivity index (χ1v) is 7.97. The number of thioether (sulfide) groups is 1. The van der Waals surface area contributed by atoms with Crippen LogP contribution in [0.5, 0.6) is 0 Å². The van der Waals surface area contributed by atoms with E-state index in [-0.39, 0.29) is 5.91 Å². The Kier molecular flexibility index (Phi) is 4.41. The van der Waals surface area contributed by atoms with Crippen LogP contribution in [0.2, 0.25) is 0 Å². The second-order valence-electron chi connectivity index (χ2n) is 4.36. The first kappa shape index (κ1) is 14.3. The monoisotopic (exact) mass is 301 g/mol. The Bertz CT molecular complexity index is 483. The fourth-order valence-electron chi connectivity index (χ4n) is 2.00. The summed E-state index contributed by atoms with van der Waals surface area (Å²) < 4.78 is 3.75. The number of carboxylic acids is 1. The summed E-state index contributed by atoms with van der Waals surface area (Å²) >= 11 is 2.72. The van der Waals surface area contributed by atoms with Gasteiger partial charge in [0, 0.05) is 0 Å². The molecule has 1 amide bonds. The molecular formula is C11H15N3O3S2. The van der Waals surface area contributed by atoms with Crippen molar-refractivity contribution >= 4 is 35.2 Å². The van der Waals surface area contributed by atoms with Crippen LogP contribution in [0.1, 0.15) is 35.1 Å². The van der Waals surface area contributed by atoms with Crippen molar-refractivity contribution in [1.29, 1.82) is 0 Å². The maximum absolute atomic E-state index is 12.2. The van der Waals surface area contributed by atoms with Gasteiger partial charge in [-0.1, -0.05) is 11.4 Å². The van der Waals surface area contributed by atoms with Crippen LogP contribution in [0.25, 0.3) is 0 Å². The third-order valence-corrected chi connectivity index (χ3v) is 4.96. The molecule has 1 aromatic heterocycles. The summed E-state index contributed by atoms with van der Waals surface area (Å²) in [5.41, 5.74) is -0.523. The second-order valence-corrected chi connectivity index (χ2v) is 6.33. The first-order valence-electron chi connectivity index (χ1n) is 6.04. The molecule has 0 bridgehead atoms. The van der Waals surface area contributed by atoms with Crippen LogP contribution < -0.4 is 5.32 Å². The van der Waals surface area contributed by atoms with Gasteiger partial charge in [0.25, 0.3) is 5.91 Å². The molecule has 0 spiro atoms. The molecule has 1 aromatic rings. The molecule has 1 fully saturated rings. The molecule has 1 aliphatic heterocycles. The third kappa shape index (κ3) is 2.89. The van der Waals surface area contributed by atoms with Crippen LogP contribution in [0, 0.1) is 0 Å². The van der Waals surface area contributed by atoms with Gasteiger partial charge in [0.1, 0.15) is 10.4 Å². The van der Waals surface area contributed by atoms with Crippen molar-refractivity contribution < 1.29 is 14.7 Å². The van der Waals surface area contributed by atoms with E-state index in [2.05, 4.69) is 14.9 Å². The summed E-state index contributed by atoms with van der Waals surface area (Å²) in [5, 5.41) is 16.0. The van der Waals surface area contributed by atoms with Gasteiger partial charge in [-0.05, 0) is 42.3 Å². The number of carboxylic acid groups (broad SMARTS) is 1. The summed E-state index contributed by atoms with van der Waals surface area (Å²) in [6.45, 7) is 1.89. The van der Waals surface area contributed by atoms with E-state index in [0.717, 1.165) is 23.0 Å². The minimum Gasteiger partial charge on any atom is -0.480 e. The molecule has 2 N–H and O–H groups in total. The Balaban J connectivity index is 2.18. The van der Waals surface area contributed by atoms with Gasteiger partial charge in [-0.25, -0.2) is 4.79 Å². The first-order chi connectivity index (χ1) is 9.09. The Morgan fingerprint density at radius 2 is 2.11 bits per heavy atom. The van der Waals surface area contributed by atoms with Gasteiger partial charge in [0.2, 0.25) is 0 Å². The Morgan fingerprint density at radius 3 is 2.68 bits per heavy atom. The van der Waals surface area contributed by atoms with E-state index in [0.29, 0.717) is 29.8 Å². The van der Waals surface area contributed by atoms with Crippen molar-refractivity contribution in [2.45, 2.75) is 31.7 Å². The molecule has 0 unspecified atom stereocenters. The molecule has 2 heterocycles. The Labute approximate surface area is 119 Å². The van der Waals surface area contributed by atoms with Gasteiger partial charge in [0.15, 0.2) is 0 Å². The molecule has 0 atom stereocenters. The van der Waals surface area contributed by atoms with Crippen LogP contribution in [0.4, 0.5) is 0 Å². The SMILES string of the molecule is CCc1nnsc1C(=O)NC1(C(=O)O)CCSCC1. The van der Waals surface area contributed by atoms with Gasteiger partial charge < -0.3 is 10.4 Å². The second kappa shape index (κ2) is 5.87. The standard InChI is InChI=1S/C11H15N3O3S2/c1-2-7-8(19-14-13-7)9(15)12-11(10(16)17)3-5-18-6-4-11/h2-6H2,1H3,(H,12,15)(H,16,17). The molecule has 6 nitrogen and oxygen atoms in total. The van der Waals surface area contributed by atoms with Gasteiger partial charge in [-0.15, -0.1) is 5.10 Å². The average Bonchev–Trinajstić information content (AvgIpc) is 2.88. The summed E-state index contributed by atoms with van der Waals surface area (Å²) in [7, 11) is 0. The molecule has 0 radical (unpaired) electrons. The van der Waals surface area contributed by atoms with Crippen LogP contribution in [0.15, 0.2) is 0 Å². The number of carbonyl (C=O) groups excluding carboxylic acids is 1. The van der Waals surface area contributed by atoms with Crippen molar-refractivity contribution in [2.24, 2.45) is 0 Å². The highest BCUT2D eigenvalue weighted by Gasteiger charge is 2.42. The molecule has 0 aliphatic carbocycles. The Hall–Kier alpha value is -1.15. The number of amides is 1. The lowest BCUT2D eigenvalue weighted by molar-refractivity contribution is -0.144. The lowest BCUT2D eigenvalue weighted by Crippen LogP contribution is -2.56. The minimum absolute atomic E-state index is 0.374. The fourth-order valence-corrected chi connectivity index (χ4v) is 3.83. The quantitative estimate of drug-likeness (QED) is 0.867. The zero-order valence-corrected chi connectivity index (χ0v) is 12.1. The largest absolute Gasteiger partial charge is 0.480 e. The number of aromatic nitrogens is 2. The average molecular weight is 301 g/mol. The Morgan fingerprint density at radius 1 is 1.42 bits per heavy atom. The zero-order valence-electron chi connectivity index (χ0n) is 10.5. The molecule has 19 heavy (non-hydrogen) atoms. The minimum atomic E-state index is -1.14. The maximum Gasteiger partial charge on any atom is 0.329 e. The number of aryl methyl sites for hydroxylation is 1. The van der Waals surface area contributed by atoms with Crippen LogP contribution in [-0.2, 0) is 11.2 Å². The van der Waals surface area contributed by atoms with Gasteiger partial charge in [-0.2, -0.15) is 11.8 Å². The topological polar surface area (TPSA) is 92.2 Å². The van der Waals surface area contributed by atoms with E-state index in [4.69, 9.17) is 0 Å². The van der Waals surface area contributed by atoms with Crippen LogP contribution >= 0.6 is 23.3 Å². The van der Waals surface area contributed by atoms with Gasteiger partial charge in [0.05, 0.1) is 5.69 Å². The van der Waals surface area contributed by atoms with Crippen molar-refractivity contribution in [3.8, 4) is 0 Å².